The Morgan fingerprint density at radius 1 is 0.947 bits per heavy atom. The molecule has 7 heterocycles. The molecule has 1 spiro atoms. The zero-order valence-corrected chi connectivity index (χ0v) is 45.5. The molecule has 75 heavy (non-hydrogen) atoms. The Morgan fingerprint density at radius 2 is 1.73 bits per heavy atom. The third-order valence-electron chi connectivity index (χ3n) is 16.9. The number of carbonyl (C=O) groups is 5. The summed E-state index contributed by atoms with van der Waals surface area (Å²) in [6.45, 7) is 19.9. The average Bonchev–Trinajstić information content (AvgIpc) is 4.31. The van der Waals surface area contributed by atoms with Gasteiger partial charge in [0, 0.05) is 85.8 Å². The molecule has 1 aliphatic carbocycles. The molecule has 3 amide bonds. The lowest BCUT2D eigenvalue weighted by Crippen LogP contribution is -2.62. The number of hydrogen-bond acceptors (Lipinski definition) is 12. The first-order valence-electron chi connectivity index (χ1n) is 27.7. The number of rotatable bonds is 12. The summed E-state index contributed by atoms with van der Waals surface area (Å²) in [6.07, 6.45) is 7.32. The van der Waals surface area contributed by atoms with Crippen LogP contribution in [0.15, 0.2) is 54.7 Å². The highest BCUT2D eigenvalue weighted by molar-refractivity contribution is 5.96. The molecule has 2 aromatic carbocycles. The van der Waals surface area contributed by atoms with Gasteiger partial charge >= 0.3 is 11.9 Å². The van der Waals surface area contributed by atoms with Crippen LogP contribution in [-0.2, 0) is 52.8 Å². The summed E-state index contributed by atoms with van der Waals surface area (Å²) in [4.78, 5) is 80.4. The number of hydrazine groups is 1. The Labute approximate surface area is 441 Å². The summed E-state index contributed by atoms with van der Waals surface area (Å²) in [7, 11) is 1.69. The number of benzene rings is 2. The Hall–Kier alpha value is -5.68. The molecule has 6 aliphatic rings. The number of methoxy groups -OCH3 is 1. The van der Waals surface area contributed by atoms with E-state index in [4.69, 9.17) is 19.2 Å². The van der Waals surface area contributed by atoms with Gasteiger partial charge in [-0.2, -0.15) is 0 Å². The standard InChI is InChI=1S/C59H78N8O8/c1-10-66-47-18-17-39-29-43(47)44(52(66)42-13-11-21-60-48(42)36(6)73-9)30-58(7,8)33-74-57(72)45-14-12-22-67(63-45)54(69)46(27-37-25-40(39)28-41(26-37)75-56(71)35(4)5)61-53(68)51(34(2)3)64-23-19-59(31-64)20-24-65(32-59)55(70)50-49(62-50)38-15-16-38/h11,13,17-18,21,25-26,28-29,34-36,38,45-46,49-51,62-63H,10,12,14-16,19-20,22-24,27,30-33H2,1-9H3,(H,61,68)/t36-,45-,46-,49+,50+,51-,59-/m0/s1. The maximum atomic E-state index is 15.1. The Bertz CT molecular complexity index is 2860. The Balaban J connectivity index is 1.02. The number of fused-ring (bicyclic) bond motifs is 6. The highest BCUT2D eigenvalue weighted by Gasteiger charge is 2.55. The summed E-state index contributed by atoms with van der Waals surface area (Å²) in [5, 5.41) is 9.19. The molecular weight excluding hydrogens is 949 g/mol. The van der Waals surface area contributed by atoms with E-state index >= 15 is 9.59 Å². The van der Waals surface area contributed by atoms with Crippen molar-refractivity contribution in [2.24, 2.45) is 28.6 Å². The van der Waals surface area contributed by atoms with E-state index in [1.54, 1.807) is 33.2 Å². The van der Waals surface area contributed by atoms with Crippen LogP contribution in [0.2, 0.25) is 0 Å². The number of hydrogen-bond donors (Lipinski definition) is 3. The summed E-state index contributed by atoms with van der Waals surface area (Å²) >= 11 is 0. The van der Waals surface area contributed by atoms with Crippen LogP contribution in [0.3, 0.4) is 0 Å². The van der Waals surface area contributed by atoms with Crippen LogP contribution in [0.25, 0.3) is 33.3 Å². The number of carbonyl (C=O) groups excluding carboxylic acids is 5. The van der Waals surface area contributed by atoms with Crippen molar-refractivity contribution in [1.29, 1.82) is 0 Å². The van der Waals surface area contributed by atoms with E-state index in [-0.39, 0.29) is 54.2 Å². The molecule has 4 saturated heterocycles. The molecule has 5 aliphatic heterocycles. The van der Waals surface area contributed by atoms with Gasteiger partial charge < -0.3 is 29.0 Å². The third-order valence-corrected chi connectivity index (χ3v) is 16.9. The fraction of sp³-hybridized carbons (Fsp3) is 0.593. The first kappa shape index (κ1) is 52.7. The summed E-state index contributed by atoms with van der Waals surface area (Å²) in [5.74, 6) is -0.789. The number of nitrogens with zero attached hydrogens (tertiary/aromatic N) is 5. The second-order valence-corrected chi connectivity index (χ2v) is 24.0. The molecule has 16 nitrogen and oxygen atoms in total. The first-order valence-corrected chi connectivity index (χ1v) is 27.7. The average molecular weight is 1030 g/mol. The van der Waals surface area contributed by atoms with Crippen molar-refractivity contribution in [3.05, 3.63) is 71.5 Å². The fourth-order valence-electron chi connectivity index (χ4n) is 12.6. The molecule has 0 unspecified atom stereocenters. The number of pyridine rings is 1. The number of esters is 2. The molecule has 0 radical (unpaired) electrons. The smallest absolute Gasteiger partial charge is 0.324 e. The zero-order chi connectivity index (χ0) is 53.1. The number of aromatic nitrogens is 2. The Morgan fingerprint density at radius 3 is 2.47 bits per heavy atom. The summed E-state index contributed by atoms with van der Waals surface area (Å²) < 4.78 is 20.5. The van der Waals surface area contributed by atoms with Gasteiger partial charge in [0.25, 0.3) is 5.91 Å². The topological polar surface area (TPSA) is 187 Å². The highest BCUT2D eigenvalue weighted by Crippen LogP contribution is 2.45. The second-order valence-electron chi connectivity index (χ2n) is 24.0. The van der Waals surface area contributed by atoms with E-state index in [1.165, 1.54) is 17.9 Å². The van der Waals surface area contributed by atoms with Gasteiger partial charge in [0.2, 0.25) is 11.8 Å². The second kappa shape index (κ2) is 21.0. The maximum absolute atomic E-state index is 15.1. The lowest BCUT2D eigenvalue weighted by molar-refractivity contribution is -0.155. The van der Waals surface area contributed by atoms with E-state index in [2.05, 4.69) is 70.6 Å². The van der Waals surface area contributed by atoms with Crippen molar-refractivity contribution < 1.29 is 38.2 Å². The van der Waals surface area contributed by atoms with Gasteiger partial charge in [-0.1, -0.05) is 53.7 Å². The molecule has 2 aromatic heterocycles. The van der Waals surface area contributed by atoms with Gasteiger partial charge in [-0.05, 0) is 136 Å². The zero-order valence-electron chi connectivity index (χ0n) is 45.5. The first-order chi connectivity index (χ1) is 35.9. The summed E-state index contributed by atoms with van der Waals surface area (Å²) in [6, 6.07) is 14.0. The van der Waals surface area contributed by atoms with Crippen LogP contribution >= 0.6 is 0 Å². The SMILES string of the molecule is CCn1c(-c2cccnc2[C@H](C)OC)c2c3cc(ccc31)-c1cc(cc(OC(=O)C(C)C)c1)C[C@H](NC(=O)[C@H](C(C)C)N1CC[C@]3(CCN(C(=O)[C@@H]4N[C@@H]4C4CC4)C3)C1)C(=O)N1CCC[C@H](N1)C(=O)OCC(C)(C)C2. The highest BCUT2D eigenvalue weighted by atomic mass is 16.5. The molecule has 1 saturated carbocycles. The van der Waals surface area contributed by atoms with Gasteiger partial charge in [-0.15, -0.1) is 0 Å². The molecule has 6 bridgehead atoms. The minimum absolute atomic E-state index is 0.0586. The van der Waals surface area contributed by atoms with Crippen molar-refractivity contribution in [3.63, 3.8) is 0 Å². The van der Waals surface area contributed by atoms with Gasteiger partial charge in [-0.25, -0.2) is 5.43 Å². The number of likely N-dealkylation sites (tertiary alicyclic amines) is 2. The normalized spacial score (nSPS) is 25.9. The van der Waals surface area contributed by atoms with Crippen LogP contribution in [0.1, 0.15) is 117 Å². The van der Waals surface area contributed by atoms with Gasteiger partial charge in [-0.3, -0.25) is 44.2 Å². The number of ether oxygens (including phenoxy) is 3. The van der Waals surface area contributed by atoms with Crippen LogP contribution < -0.4 is 20.8 Å². The quantitative estimate of drug-likeness (QED) is 0.0751. The van der Waals surface area contributed by atoms with Crippen molar-refractivity contribution in [3.8, 4) is 28.1 Å². The minimum Gasteiger partial charge on any atom is -0.464 e. The Kier molecular flexibility index (Phi) is 14.8. The van der Waals surface area contributed by atoms with E-state index in [1.807, 2.05) is 43.9 Å². The number of cyclic esters (lactones) is 1. The van der Waals surface area contributed by atoms with Crippen LogP contribution in [-0.4, -0.2) is 131 Å². The van der Waals surface area contributed by atoms with Gasteiger partial charge in [0.1, 0.15) is 23.9 Å². The summed E-state index contributed by atoms with van der Waals surface area (Å²) in [5.41, 5.74) is 9.80. The van der Waals surface area contributed by atoms with Crippen molar-refractivity contribution in [2.45, 2.75) is 150 Å². The van der Waals surface area contributed by atoms with E-state index in [0.29, 0.717) is 75.3 Å². The molecule has 4 aromatic rings. The number of aryl methyl sites for hydroxylation is 1. The van der Waals surface area contributed by atoms with Crippen LogP contribution in [0.5, 0.6) is 5.75 Å². The predicted molar refractivity (Wildman–Crippen MR) is 286 cm³/mol. The molecule has 7 atom stereocenters. The predicted octanol–water partition coefficient (Wildman–Crippen LogP) is 7.01. The molecule has 16 heteroatoms. The van der Waals surface area contributed by atoms with Gasteiger partial charge in [0.05, 0.1) is 36.1 Å². The fourth-order valence-corrected chi connectivity index (χ4v) is 12.6. The van der Waals surface area contributed by atoms with Gasteiger partial charge in [0.15, 0.2) is 0 Å². The van der Waals surface area contributed by atoms with E-state index in [9.17, 15) is 14.4 Å². The van der Waals surface area contributed by atoms with Crippen molar-refractivity contribution >= 4 is 40.6 Å². The number of nitrogens with one attached hydrogen (secondary N) is 3. The molecule has 402 valence electrons. The molecule has 5 fully saturated rings. The molecule has 10 rings (SSSR count). The maximum Gasteiger partial charge on any atom is 0.324 e. The van der Waals surface area contributed by atoms with Crippen LogP contribution in [0.4, 0.5) is 0 Å². The van der Waals surface area contributed by atoms with Crippen molar-refractivity contribution in [1.82, 2.24) is 40.4 Å². The van der Waals surface area contributed by atoms with Crippen molar-refractivity contribution in [2.75, 3.05) is 46.4 Å². The molecule has 3 N–H and O–H groups in total. The third kappa shape index (κ3) is 10.9. The van der Waals surface area contributed by atoms with E-state index < -0.39 is 41.4 Å². The number of amides is 3. The lowest BCUT2D eigenvalue weighted by atomic mass is 9.84. The largest absolute Gasteiger partial charge is 0.464 e. The minimum atomic E-state index is -1.07. The van der Waals surface area contributed by atoms with E-state index in [0.717, 1.165) is 63.9 Å². The lowest BCUT2D eigenvalue weighted by Gasteiger charge is -2.37. The molecular formula is C59H78N8O8. The monoisotopic (exact) mass is 1030 g/mol. The van der Waals surface area contributed by atoms with Crippen LogP contribution in [0, 0.1) is 28.6 Å².